The summed E-state index contributed by atoms with van der Waals surface area (Å²) in [6, 6.07) is 3.80. The molecule has 0 atom stereocenters. The number of amides is 1. The number of hydrogen-bond donors (Lipinski definition) is 4. The fourth-order valence-electron chi connectivity index (χ4n) is 3.25. The molecule has 0 aromatic heterocycles. The highest BCUT2D eigenvalue weighted by Gasteiger charge is 2.29. The van der Waals surface area contributed by atoms with E-state index >= 15 is 0 Å². The molecule has 1 aromatic rings. The van der Waals surface area contributed by atoms with Gasteiger partial charge in [0.1, 0.15) is 0 Å². The van der Waals surface area contributed by atoms with Crippen molar-refractivity contribution in [2.24, 2.45) is 0 Å². The number of benzene rings is 1. The number of fused-ring (bicyclic) bond motifs is 1. The zero-order valence-corrected chi connectivity index (χ0v) is 12.2. The number of nitrogen functional groups attached to an aromatic ring is 1. The number of aliphatic hydroxyl groups is 1. The van der Waals surface area contributed by atoms with Crippen LogP contribution in [0.4, 0.5) is 17.1 Å². The molecule has 1 saturated carbocycles. The van der Waals surface area contributed by atoms with E-state index in [-0.39, 0.29) is 5.91 Å². The van der Waals surface area contributed by atoms with Crippen molar-refractivity contribution in [3.63, 3.8) is 0 Å². The van der Waals surface area contributed by atoms with E-state index in [4.69, 9.17) is 5.73 Å². The summed E-state index contributed by atoms with van der Waals surface area (Å²) < 4.78 is 0. The molecule has 0 bridgehead atoms. The first-order valence-corrected chi connectivity index (χ1v) is 7.74. The standard InChI is InChI=1S/C16H23N3O2/c17-12-8-11-4-5-15(20)19-13(11)9-14(12)18-10-16(21)6-2-1-3-7-16/h8-9,18,21H,1-7,10,17H2,(H,19,20). The highest BCUT2D eigenvalue weighted by Crippen LogP contribution is 2.33. The van der Waals surface area contributed by atoms with Crippen LogP contribution in [0.25, 0.3) is 0 Å². The molecular formula is C16H23N3O2. The molecule has 1 aliphatic carbocycles. The summed E-state index contributed by atoms with van der Waals surface area (Å²) in [5.41, 5.74) is 8.81. The third kappa shape index (κ3) is 3.13. The highest BCUT2D eigenvalue weighted by atomic mass is 16.3. The molecule has 0 radical (unpaired) electrons. The van der Waals surface area contributed by atoms with Gasteiger partial charge in [-0.25, -0.2) is 0 Å². The van der Waals surface area contributed by atoms with E-state index in [1.807, 2.05) is 12.1 Å². The summed E-state index contributed by atoms with van der Waals surface area (Å²) in [5.74, 6) is 0.0455. The van der Waals surface area contributed by atoms with Crippen molar-refractivity contribution in [1.29, 1.82) is 0 Å². The molecule has 1 aliphatic heterocycles. The monoisotopic (exact) mass is 289 g/mol. The summed E-state index contributed by atoms with van der Waals surface area (Å²) >= 11 is 0. The van der Waals surface area contributed by atoms with Gasteiger partial charge in [0.05, 0.1) is 17.0 Å². The third-order valence-corrected chi connectivity index (χ3v) is 4.56. The molecule has 0 saturated heterocycles. The van der Waals surface area contributed by atoms with Gasteiger partial charge in [-0.3, -0.25) is 4.79 Å². The molecule has 0 unspecified atom stereocenters. The number of nitrogens with one attached hydrogen (secondary N) is 2. The van der Waals surface area contributed by atoms with Gasteiger partial charge in [0, 0.05) is 18.7 Å². The van der Waals surface area contributed by atoms with Crippen molar-refractivity contribution < 1.29 is 9.90 Å². The van der Waals surface area contributed by atoms with E-state index in [0.29, 0.717) is 18.7 Å². The minimum absolute atomic E-state index is 0.0455. The van der Waals surface area contributed by atoms with Crippen LogP contribution in [-0.4, -0.2) is 23.2 Å². The van der Waals surface area contributed by atoms with Gasteiger partial charge in [-0.1, -0.05) is 19.3 Å². The van der Waals surface area contributed by atoms with Gasteiger partial charge in [0.2, 0.25) is 5.91 Å². The second-order valence-electron chi connectivity index (χ2n) is 6.28. The van der Waals surface area contributed by atoms with Crippen LogP contribution >= 0.6 is 0 Å². The largest absolute Gasteiger partial charge is 0.397 e. The summed E-state index contributed by atoms with van der Waals surface area (Å²) in [4.78, 5) is 11.5. The SMILES string of the molecule is Nc1cc2c(cc1NCC1(O)CCCCC1)NC(=O)CC2. The predicted octanol–water partition coefficient (Wildman–Crippen LogP) is 2.26. The number of hydrogen-bond acceptors (Lipinski definition) is 4. The first kappa shape index (κ1) is 14.2. The normalized spacial score (nSPS) is 20.5. The fourth-order valence-corrected chi connectivity index (χ4v) is 3.25. The molecule has 3 rings (SSSR count). The lowest BCUT2D eigenvalue weighted by Crippen LogP contribution is -2.38. The zero-order chi connectivity index (χ0) is 14.9. The van der Waals surface area contributed by atoms with Crippen LogP contribution in [0.15, 0.2) is 12.1 Å². The second-order valence-corrected chi connectivity index (χ2v) is 6.28. The van der Waals surface area contributed by atoms with E-state index in [0.717, 1.165) is 49.0 Å². The van der Waals surface area contributed by atoms with Crippen LogP contribution in [0.1, 0.15) is 44.1 Å². The second kappa shape index (κ2) is 5.56. The first-order valence-electron chi connectivity index (χ1n) is 7.74. The van der Waals surface area contributed by atoms with Gasteiger partial charge in [0.15, 0.2) is 0 Å². The maximum atomic E-state index is 11.5. The maximum Gasteiger partial charge on any atom is 0.224 e. The number of rotatable bonds is 3. The Balaban J connectivity index is 1.73. The van der Waals surface area contributed by atoms with E-state index < -0.39 is 5.60 Å². The van der Waals surface area contributed by atoms with Crippen molar-refractivity contribution >= 4 is 23.0 Å². The molecule has 5 nitrogen and oxygen atoms in total. The van der Waals surface area contributed by atoms with Crippen LogP contribution in [0.3, 0.4) is 0 Å². The van der Waals surface area contributed by atoms with Gasteiger partial charge >= 0.3 is 0 Å². The van der Waals surface area contributed by atoms with E-state index in [1.54, 1.807) is 0 Å². The van der Waals surface area contributed by atoms with E-state index in [2.05, 4.69) is 10.6 Å². The third-order valence-electron chi connectivity index (χ3n) is 4.56. The summed E-state index contributed by atoms with van der Waals surface area (Å²) in [7, 11) is 0. The van der Waals surface area contributed by atoms with Gasteiger partial charge in [-0.2, -0.15) is 0 Å². The topological polar surface area (TPSA) is 87.4 Å². The van der Waals surface area contributed by atoms with Crippen LogP contribution in [0.2, 0.25) is 0 Å². The minimum atomic E-state index is -0.635. The lowest BCUT2D eigenvalue weighted by Gasteiger charge is -2.33. The van der Waals surface area contributed by atoms with Gasteiger partial charge in [-0.15, -0.1) is 0 Å². The molecule has 2 aliphatic rings. The molecule has 5 N–H and O–H groups in total. The molecule has 0 spiro atoms. The predicted molar refractivity (Wildman–Crippen MR) is 84.3 cm³/mol. The first-order chi connectivity index (χ1) is 10.1. The highest BCUT2D eigenvalue weighted by molar-refractivity contribution is 5.95. The lowest BCUT2D eigenvalue weighted by atomic mass is 9.85. The number of carbonyl (C=O) groups excluding carboxylic acids is 1. The maximum absolute atomic E-state index is 11.5. The number of carbonyl (C=O) groups is 1. The summed E-state index contributed by atoms with van der Waals surface area (Å²) in [6.07, 6.45) is 6.27. The summed E-state index contributed by atoms with van der Waals surface area (Å²) in [5, 5.41) is 16.7. The van der Waals surface area contributed by atoms with Crippen LogP contribution in [0, 0.1) is 0 Å². The molecular weight excluding hydrogens is 266 g/mol. The molecule has 1 aromatic carbocycles. The van der Waals surface area contributed by atoms with E-state index in [9.17, 15) is 9.90 Å². The minimum Gasteiger partial charge on any atom is -0.397 e. The quantitative estimate of drug-likeness (QED) is 0.643. The molecule has 1 fully saturated rings. The molecule has 21 heavy (non-hydrogen) atoms. The van der Waals surface area contributed by atoms with Gasteiger partial charge in [0.25, 0.3) is 0 Å². The van der Waals surface area contributed by atoms with Crippen LogP contribution in [0.5, 0.6) is 0 Å². The van der Waals surface area contributed by atoms with Crippen molar-refractivity contribution in [1.82, 2.24) is 0 Å². The van der Waals surface area contributed by atoms with Crippen LogP contribution < -0.4 is 16.4 Å². The molecule has 5 heteroatoms. The molecule has 114 valence electrons. The Morgan fingerprint density at radius 2 is 2.00 bits per heavy atom. The van der Waals surface area contributed by atoms with Crippen molar-refractivity contribution in [2.45, 2.75) is 50.5 Å². The fraction of sp³-hybridized carbons (Fsp3) is 0.562. The Morgan fingerprint density at radius 1 is 1.24 bits per heavy atom. The zero-order valence-electron chi connectivity index (χ0n) is 12.2. The molecule has 1 amide bonds. The lowest BCUT2D eigenvalue weighted by molar-refractivity contribution is -0.116. The summed E-state index contributed by atoms with van der Waals surface area (Å²) in [6.45, 7) is 0.504. The molecule has 1 heterocycles. The number of anilines is 3. The van der Waals surface area contributed by atoms with Crippen molar-refractivity contribution in [2.75, 3.05) is 22.9 Å². The average Bonchev–Trinajstić information content (AvgIpc) is 2.46. The Bertz CT molecular complexity index is 551. The Labute approximate surface area is 124 Å². The Morgan fingerprint density at radius 3 is 2.76 bits per heavy atom. The number of nitrogens with two attached hydrogens (primary N) is 1. The Kier molecular flexibility index (Phi) is 3.76. The average molecular weight is 289 g/mol. The smallest absolute Gasteiger partial charge is 0.224 e. The van der Waals surface area contributed by atoms with Crippen molar-refractivity contribution in [3.8, 4) is 0 Å². The van der Waals surface area contributed by atoms with Crippen molar-refractivity contribution in [3.05, 3.63) is 17.7 Å². The van der Waals surface area contributed by atoms with Gasteiger partial charge in [-0.05, 0) is 37.0 Å². The Hall–Kier alpha value is -1.75. The number of aryl methyl sites for hydroxylation is 1. The van der Waals surface area contributed by atoms with E-state index in [1.165, 1.54) is 6.42 Å². The van der Waals surface area contributed by atoms with Crippen LogP contribution in [-0.2, 0) is 11.2 Å². The van der Waals surface area contributed by atoms with Gasteiger partial charge < -0.3 is 21.5 Å².